The molecule has 104 valence electrons. The SMILES string of the molecule is Cc1cc(N2CCC(C(N)=O)CC2)c(CN)c(C)n1. The van der Waals surface area contributed by atoms with E-state index in [1.165, 1.54) is 0 Å². The standard InChI is InChI=1S/C14H22N4O/c1-9-7-13(12(8-15)10(2)17-9)18-5-3-11(4-6-18)14(16)19/h7,11H,3-6,8,15H2,1-2H3,(H2,16,19). The molecular weight excluding hydrogens is 240 g/mol. The number of hydrogen-bond acceptors (Lipinski definition) is 4. The van der Waals surface area contributed by atoms with Gasteiger partial charge in [0.05, 0.1) is 0 Å². The van der Waals surface area contributed by atoms with Crippen LogP contribution in [0, 0.1) is 19.8 Å². The number of anilines is 1. The van der Waals surface area contributed by atoms with Crippen LogP contribution in [0.2, 0.25) is 0 Å². The third-order valence-electron chi connectivity index (χ3n) is 3.88. The highest BCUT2D eigenvalue weighted by molar-refractivity contribution is 5.77. The lowest BCUT2D eigenvalue weighted by molar-refractivity contribution is -0.122. The fourth-order valence-electron chi connectivity index (χ4n) is 2.77. The highest BCUT2D eigenvalue weighted by Gasteiger charge is 2.24. The van der Waals surface area contributed by atoms with Crippen molar-refractivity contribution in [3.8, 4) is 0 Å². The predicted molar refractivity (Wildman–Crippen MR) is 75.7 cm³/mol. The van der Waals surface area contributed by atoms with Gasteiger partial charge in [-0.3, -0.25) is 9.78 Å². The molecule has 0 unspecified atom stereocenters. The molecule has 5 heteroatoms. The number of nitrogens with two attached hydrogens (primary N) is 2. The molecule has 5 nitrogen and oxygen atoms in total. The number of primary amides is 1. The Morgan fingerprint density at radius 3 is 2.58 bits per heavy atom. The number of carbonyl (C=O) groups is 1. The lowest BCUT2D eigenvalue weighted by Crippen LogP contribution is -2.39. The lowest BCUT2D eigenvalue weighted by Gasteiger charge is -2.34. The molecule has 0 aromatic carbocycles. The van der Waals surface area contributed by atoms with Crippen molar-refractivity contribution in [2.24, 2.45) is 17.4 Å². The first kappa shape index (κ1) is 13.8. The first-order valence-corrected chi connectivity index (χ1v) is 6.74. The maximum absolute atomic E-state index is 11.2. The molecule has 0 spiro atoms. The summed E-state index contributed by atoms with van der Waals surface area (Å²) in [5.41, 5.74) is 15.5. The molecule has 19 heavy (non-hydrogen) atoms. The average Bonchev–Trinajstić information content (AvgIpc) is 2.38. The maximum atomic E-state index is 11.2. The molecular formula is C14H22N4O. The largest absolute Gasteiger partial charge is 0.371 e. The van der Waals surface area contributed by atoms with Crippen molar-refractivity contribution in [2.45, 2.75) is 33.2 Å². The van der Waals surface area contributed by atoms with Crippen molar-refractivity contribution in [1.82, 2.24) is 4.98 Å². The molecule has 0 atom stereocenters. The molecule has 0 radical (unpaired) electrons. The van der Waals surface area contributed by atoms with E-state index >= 15 is 0 Å². The molecule has 1 aromatic rings. The number of pyridine rings is 1. The molecule has 0 aliphatic carbocycles. The number of aromatic nitrogens is 1. The summed E-state index contributed by atoms with van der Waals surface area (Å²) in [6.07, 6.45) is 1.64. The van der Waals surface area contributed by atoms with Crippen LogP contribution in [0.4, 0.5) is 5.69 Å². The van der Waals surface area contributed by atoms with Crippen LogP contribution in [0.25, 0.3) is 0 Å². The lowest BCUT2D eigenvalue weighted by atomic mass is 9.95. The molecule has 1 fully saturated rings. The monoisotopic (exact) mass is 262 g/mol. The van der Waals surface area contributed by atoms with Crippen LogP contribution in [0.15, 0.2) is 6.07 Å². The van der Waals surface area contributed by atoms with Gasteiger partial charge in [-0.15, -0.1) is 0 Å². The first-order valence-electron chi connectivity index (χ1n) is 6.74. The van der Waals surface area contributed by atoms with Crippen LogP contribution in [0.3, 0.4) is 0 Å². The zero-order chi connectivity index (χ0) is 14.0. The summed E-state index contributed by atoms with van der Waals surface area (Å²) in [7, 11) is 0. The number of amides is 1. The van der Waals surface area contributed by atoms with E-state index in [4.69, 9.17) is 11.5 Å². The van der Waals surface area contributed by atoms with Gasteiger partial charge in [0.25, 0.3) is 0 Å². The number of hydrogen-bond donors (Lipinski definition) is 2. The summed E-state index contributed by atoms with van der Waals surface area (Å²) >= 11 is 0. The predicted octanol–water partition coefficient (Wildman–Crippen LogP) is 0.859. The Kier molecular flexibility index (Phi) is 4.04. The number of carbonyl (C=O) groups excluding carboxylic acids is 1. The van der Waals surface area contributed by atoms with E-state index in [-0.39, 0.29) is 11.8 Å². The third-order valence-corrected chi connectivity index (χ3v) is 3.88. The number of aryl methyl sites for hydroxylation is 2. The van der Waals surface area contributed by atoms with Crippen LogP contribution in [0.5, 0.6) is 0 Å². The van der Waals surface area contributed by atoms with Crippen molar-refractivity contribution in [2.75, 3.05) is 18.0 Å². The third kappa shape index (κ3) is 2.87. The number of nitrogens with zero attached hydrogens (tertiary/aromatic N) is 2. The van der Waals surface area contributed by atoms with Crippen molar-refractivity contribution in [3.05, 3.63) is 23.0 Å². The van der Waals surface area contributed by atoms with E-state index in [1.807, 2.05) is 13.8 Å². The van der Waals surface area contributed by atoms with Crippen LogP contribution in [0.1, 0.15) is 29.8 Å². The Morgan fingerprint density at radius 2 is 2.05 bits per heavy atom. The van der Waals surface area contributed by atoms with Crippen LogP contribution in [-0.2, 0) is 11.3 Å². The van der Waals surface area contributed by atoms with Gasteiger partial charge >= 0.3 is 0 Å². The van der Waals surface area contributed by atoms with Crippen molar-refractivity contribution in [1.29, 1.82) is 0 Å². The summed E-state index contributed by atoms with van der Waals surface area (Å²) < 4.78 is 0. The summed E-state index contributed by atoms with van der Waals surface area (Å²) in [6.45, 7) is 6.18. The zero-order valence-electron chi connectivity index (χ0n) is 11.6. The van der Waals surface area contributed by atoms with Gasteiger partial charge in [0.1, 0.15) is 0 Å². The fraction of sp³-hybridized carbons (Fsp3) is 0.571. The quantitative estimate of drug-likeness (QED) is 0.846. The van der Waals surface area contributed by atoms with E-state index < -0.39 is 0 Å². The molecule has 1 aliphatic heterocycles. The maximum Gasteiger partial charge on any atom is 0.220 e. The molecule has 2 heterocycles. The normalized spacial score (nSPS) is 16.7. The average molecular weight is 262 g/mol. The van der Waals surface area contributed by atoms with Gasteiger partial charge in [-0.1, -0.05) is 0 Å². The van der Waals surface area contributed by atoms with Gasteiger partial charge in [0.15, 0.2) is 0 Å². The topological polar surface area (TPSA) is 85.2 Å². The molecule has 4 N–H and O–H groups in total. The second kappa shape index (κ2) is 5.57. The highest BCUT2D eigenvalue weighted by atomic mass is 16.1. The van der Waals surface area contributed by atoms with Crippen LogP contribution < -0.4 is 16.4 Å². The molecule has 2 rings (SSSR count). The van der Waals surface area contributed by atoms with E-state index in [9.17, 15) is 4.79 Å². The Balaban J connectivity index is 2.21. The van der Waals surface area contributed by atoms with Gasteiger partial charge in [0, 0.05) is 48.2 Å². The van der Waals surface area contributed by atoms with Gasteiger partial charge in [-0.25, -0.2) is 0 Å². The summed E-state index contributed by atoms with van der Waals surface area (Å²) in [5.74, 6) is -0.164. The fourth-order valence-corrected chi connectivity index (χ4v) is 2.77. The van der Waals surface area contributed by atoms with E-state index in [0.717, 1.165) is 48.6 Å². The van der Waals surface area contributed by atoms with Crippen molar-refractivity contribution >= 4 is 11.6 Å². The Bertz CT molecular complexity index is 479. The van der Waals surface area contributed by atoms with Crippen molar-refractivity contribution in [3.63, 3.8) is 0 Å². The Hall–Kier alpha value is -1.62. The molecule has 1 aliphatic rings. The van der Waals surface area contributed by atoms with Crippen LogP contribution in [-0.4, -0.2) is 24.0 Å². The van der Waals surface area contributed by atoms with Gasteiger partial charge in [-0.05, 0) is 32.8 Å². The van der Waals surface area contributed by atoms with E-state index in [2.05, 4.69) is 16.0 Å². The molecule has 1 saturated heterocycles. The Labute approximate surface area is 114 Å². The molecule has 0 saturated carbocycles. The second-order valence-corrected chi connectivity index (χ2v) is 5.21. The highest BCUT2D eigenvalue weighted by Crippen LogP contribution is 2.28. The number of piperidine rings is 1. The zero-order valence-corrected chi connectivity index (χ0v) is 11.6. The minimum Gasteiger partial charge on any atom is -0.371 e. The summed E-state index contributed by atoms with van der Waals surface area (Å²) in [6, 6.07) is 2.08. The van der Waals surface area contributed by atoms with Gasteiger partial charge in [-0.2, -0.15) is 0 Å². The summed E-state index contributed by atoms with van der Waals surface area (Å²) in [4.78, 5) is 18.0. The van der Waals surface area contributed by atoms with Crippen LogP contribution >= 0.6 is 0 Å². The van der Waals surface area contributed by atoms with Gasteiger partial charge in [0.2, 0.25) is 5.91 Å². The molecule has 0 bridgehead atoms. The first-order chi connectivity index (χ1) is 9.02. The summed E-state index contributed by atoms with van der Waals surface area (Å²) in [5, 5.41) is 0. The Morgan fingerprint density at radius 1 is 1.42 bits per heavy atom. The molecule has 1 aromatic heterocycles. The van der Waals surface area contributed by atoms with Gasteiger partial charge < -0.3 is 16.4 Å². The second-order valence-electron chi connectivity index (χ2n) is 5.21. The van der Waals surface area contributed by atoms with Crippen molar-refractivity contribution < 1.29 is 4.79 Å². The molecule has 1 amide bonds. The minimum atomic E-state index is -0.180. The van der Waals surface area contributed by atoms with E-state index in [1.54, 1.807) is 0 Å². The van der Waals surface area contributed by atoms with E-state index in [0.29, 0.717) is 6.54 Å². The number of rotatable bonds is 3. The minimum absolute atomic E-state index is 0.0154. The smallest absolute Gasteiger partial charge is 0.220 e.